The molecule has 0 spiro atoms. The molecule has 0 bridgehead atoms. The first kappa shape index (κ1) is 29.2. The first-order chi connectivity index (χ1) is 17.5. The molecule has 200 valence electrons. The molecule has 0 aliphatic heterocycles. The summed E-state index contributed by atoms with van der Waals surface area (Å²) in [7, 11) is 0. The number of amides is 4. The van der Waals surface area contributed by atoms with Gasteiger partial charge >= 0.3 is 0 Å². The van der Waals surface area contributed by atoms with Gasteiger partial charge in [-0.2, -0.15) is 0 Å². The molecule has 2 rings (SSSR count). The minimum Gasteiger partial charge on any atom is -0.481 e. The van der Waals surface area contributed by atoms with Gasteiger partial charge in [-0.05, 0) is 94.5 Å². The zero-order chi connectivity index (χ0) is 27.5. The number of rotatable bonds is 10. The van der Waals surface area contributed by atoms with Crippen molar-refractivity contribution in [3.8, 4) is 11.5 Å². The SMILES string of the molecule is Cc1ccc(OC(C)C(=O)NNC(=O)CCCC(=O)NNC(=O)C(C)Oc2ccc(C)c(C)c2)cc1C. The van der Waals surface area contributed by atoms with Gasteiger partial charge < -0.3 is 9.47 Å². The molecule has 0 aromatic heterocycles. The van der Waals surface area contributed by atoms with Crippen LogP contribution >= 0.6 is 0 Å². The average molecular weight is 513 g/mol. The van der Waals surface area contributed by atoms with E-state index >= 15 is 0 Å². The number of ether oxygens (including phenoxy) is 2. The van der Waals surface area contributed by atoms with E-state index < -0.39 is 35.8 Å². The highest BCUT2D eigenvalue weighted by Gasteiger charge is 2.17. The molecule has 0 fully saturated rings. The maximum atomic E-state index is 12.2. The third-order valence-electron chi connectivity index (χ3n) is 5.78. The molecule has 0 aliphatic rings. The van der Waals surface area contributed by atoms with Gasteiger partial charge in [0.2, 0.25) is 11.8 Å². The molecular formula is C27H36N4O6. The predicted octanol–water partition coefficient (Wildman–Crippen LogP) is 2.62. The lowest BCUT2D eigenvalue weighted by atomic mass is 10.1. The van der Waals surface area contributed by atoms with Crippen LogP contribution in [0.1, 0.15) is 55.4 Å². The van der Waals surface area contributed by atoms with Crippen LogP contribution in [0.4, 0.5) is 0 Å². The van der Waals surface area contributed by atoms with Gasteiger partial charge in [-0.15, -0.1) is 0 Å². The lowest BCUT2D eigenvalue weighted by molar-refractivity contribution is -0.133. The van der Waals surface area contributed by atoms with Crippen LogP contribution < -0.4 is 31.2 Å². The van der Waals surface area contributed by atoms with Crippen LogP contribution in [0.3, 0.4) is 0 Å². The second-order valence-electron chi connectivity index (χ2n) is 8.94. The van der Waals surface area contributed by atoms with E-state index in [4.69, 9.17) is 9.47 Å². The van der Waals surface area contributed by atoms with Crippen LogP contribution in [0.5, 0.6) is 11.5 Å². The Kier molecular flexibility index (Phi) is 10.9. The number of hydrogen-bond donors (Lipinski definition) is 4. The van der Waals surface area contributed by atoms with Crippen molar-refractivity contribution in [3.05, 3.63) is 58.7 Å². The highest BCUT2D eigenvalue weighted by molar-refractivity contribution is 5.86. The van der Waals surface area contributed by atoms with Gasteiger partial charge in [-0.3, -0.25) is 40.9 Å². The number of carbonyl (C=O) groups excluding carboxylic acids is 4. The number of aryl methyl sites for hydroxylation is 4. The topological polar surface area (TPSA) is 135 Å². The Morgan fingerprint density at radius 1 is 0.622 bits per heavy atom. The Hall–Kier alpha value is -4.08. The minimum absolute atomic E-state index is 0.000328. The molecule has 2 aromatic rings. The summed E-state index contributed by atoms with van der Waals surface area (Å²) in [5.74, 6) is -0.825. The number of nitrogens with one attached hydrogen (secondary N) is 4. The summed E-state index contributed by atoms with van der Waals surface area (Å²) in [6.45, 7) is 11.0. The van der Waals surface area contributed by atoms with Gasteiger partial charge in [-0.1, -0.05) is 12.1 Å². The Morgan fingerprint density at radius 3 is 1.35 bits per heavy atom. The standard InChI is InChI=1S/C27H36N4O6/c1-16-10-12-22(14-18(16)3)36-20(5)26(34)30-28-24(32)8-7-9-25(33)29-31-27(35)21(6)37-23-13-11-17(2)19(4)15-23/h10-15,20-21H,7-9H2,1-6H3,(H,28,32)(H,29,33)(H,30,34)(H,31,35). The Morgan fingerprint density at radius 2 is 1.00 bits per heavy atom. The second kappa shape index (κ2) is 13.9. The van der Waals surface area contributed by atoms with Crippen LogP contribution in [-0.2, 0) is 19.2 Å². The second-order valence-corrected chi connectivity index (χ2v) is 8.94. The number of carbonyl (C=O) groups is 4. The highest BCUT2D eigenvalue weighted by atomic mass is 16.5. The summed E-state index contributed by atoms with van der Waals surface area (Å²) in [5, 5.41) is 0. The molecule has 2 atom stereocenters. The number of benzene rings is 2. The van der Waals surface area contributed by atoms with Crippen LogP contribution in [0.2, 0.25) is 0 Å². The Balaban J connectivity index is 1.62. The summed E-state index contributed by atoms with van der Waals surface area (Å²) >= 11 is 0. The van der Waals surface area contributed by atoms with Crippen LogP contribution in [0.15, 0.2) is 36.4 Å². The molecule has 0 radical (unpaired) electrons. The van der Waals surface area contributed by atoms with E-state index in [1.807, 2.05) is 52.0 Å². The molecule has 0 aliphatic carbocycles. The van der Waals surface area contributed by atoms with E-state index in [1.165, 1.54) is 0 Å². The van der Waals surface area contributed by atoms with Crippen LogP contribution in [0.25, 0.3) is 0 Å². The molecule has 10 nitrogen and oxygen atoms in total. The number of hydrogen-bond acceptors (Lipinski definition) is 6. The minimum atomic E-state index is -0.821. The Labute approximate surface area is 217 Å². The van der Waals surface area contributed by atoms with Crippen LogP contribution in [-0.4, -0.2) is 35.8 Å². The van der Waals surface area contributed by atoms with Gasteiger partial charge in [-0.25, -0.2) is 0 Å². The molecule has 0 heterocycles. The summed E-state index contributed by atoms with van der Waals surface area (Å²) in [6.07, 6.45) is -1.43. The molecular weight excluding hydrogens is 476 g/mol. The van der Waals surface area contributed by atoms with Gasteiger partial charge in [0.1, 0.15) is 11.5 Å². The van der Waals surface area contributed by atoms with Crippen molar-refractivity contribution in [2.45, 2.75) is 73.0 Å². The monoisotopic (exact) mass is 512 g/mol. The molecule has 4 N–H and O–H groups in total. The molecule has 37 heavy (non-hydrogen) atoms. The third-order valence-corrected chi connectivity index (χ3v) is 5.78. The quantitative estimate of drug-likeness (QED) is 0.362. The van der Waals surface area contributed by atoms with Gasteiger partial charge in [0, 0.05) is 12.8 Å². The number of hydrazine groups is 2. The summed E-state index contributed by atoms with van der Waals surface area (Å²) < 4.78 is 11.2. The maximum absolute atomic E-state index is 12.2. The zero-order valence-electron chi connectivity index (χ0n) is 22.2. The fraction of sp³-hybridized carbons (Fsp3) is 0.407. The third kappa shape index (κ3) is 9.83. The average Bonchev–Trinajstić information content (AvgIpc) is 2.85. The normalized spacial score (nSPS) is 12.1. The fourth-order valence-corrected chi connectivity index (χ4v) is 3.09. The first-order valence-corrected chi connectivity index (χ1v) is 12.1. The summed E-state index contributed by atoms with van der Waals surface area (Å²) in [4.78, 5) is 48.3. The molecule has 4 amide bonds. The fourth-order valence-electron chi connectivity index (χ4n) is 3.09. The van der Waals surface area contributed by atoms with E-state index in [-0.39, 0.29) is 19.3 Å². The van der Waals surface area contributed by atoms with Crippen molar-refractivity contribution in [1.29, 1.82) is 0 Å². The van der Waals surface area contributed by atoms with Crippen molar-refractivity contribution in [3.63, 3.8) is 0 Å². The largest absolute Gasteiger partial charge is 0.481 e. The van der Waals surface area contributed by atoms with Gasteiger partial charge in [0.05, 0.1) is 0 Å². The van der Waals surface area contributed by atoms with E-state index in [1.54, 1.807) is 26.0 Å². The molecule has 2 aromatic carbocycles. The van der Waals surface area contributed by atoms with Crippen molar-refractivity contribution < 1.29 is 28.7 Å². The van der Waals surface area contributed by atoms with Crippen LogP contribution in [0, 0.1) is 27.7 Å². The Bertz CT molecular complexity index is 1050. The van der Waals surface area contributed by atoms with Crippen molar-refractivity contribution in [1.82, 2.24) is 21.7 Å². The van der Waals surface area contributed by atoms with Crippen molar-refractivity contribution >= 4 is 23.6 Å². The molecule has 10 heteroatoms. The smallest absolute Gasteiger partial charge is 0.279 e. The summed E-state index contributed by atoms with van der Waals surface area (Å²) in [6, 6.07) is 11.0. The van der Waals surface area contributed by atoms with Crippen molar-refractivity contribution in [2.75, 3.05) is 0 Å². The molecule has 0 saturated heterocycles. The maximum Gasteiger partial charge on any atom is 0.279 e. The first-order valence-electron chi connectivity index (χ1n) is 12.1. The van der Waals surface area contributed by atoms with E-state index in [9.17, 15) is 19.2 Å². The van der Waals surface area contributed by atoms with E-state index in [0.29, 0.717) is 11.5 Å². The zero-order valence-corrected chi connectivity index (χ0v) is 22.2. The summed E-state index contributed by atoms with van der Waals surface area (Å²) in [5.41, 5.74) is 13.5. The van der Waals surface area contributed by atoms with E-state index in [2.05, 4.69) is 21.7 Å². The van der Waals surface area contributed by atoms with Gasteiger partial charge in [0.25, 0.3) is 11.8 Å². The molecule has 0 saturated carbocycles. The highest BCUT2D eigenvalue weighted by Crippen LogP contribution is 2.18. The predicted molar refractivity (Wildman–Crippen MR) is 138 cm³/mol. The van der Waals surface area contributed by atoms with Crippen molar-refractivity contribution in [2.24, 2.45) is 0 Å². The molecule has 2 unspecified atom stereocenters. The van der Waals surface area contributed by atoms with E-state index in [0.717, 1.165) is 22.3 Å². The lowest BCUT2D eigenvalue weighted by Crippen LogP contribution is -2.47. The lowest BCUT2D eigenvalue weighted by Gasteiger charge is -2.16. The van der Waals surface area contributed by atoms with Gasteiger partial charge in [0.15, 0.2) is 12.2 Å².